The van der Waals surface area contributed by atoms with Crippen LogP contribution in [-0.2, 0) is 9.53 Å². The van der Waals surface area contributed by atoms with E-state index in [-0.39, 0.29) is 5.97 Å². The highest BCUT2D eigenvalue weighted by atomic mass is 16.5. The standard InChI is InChI=1S/C58H112O2/c1-3-5-7-9-11-13-15-17-19-20-21-22-23-24-25-26-27-28-29-30-31-32-33-34-35-36-37-38-39-40-41-43-45-47-49-51-53-55-57-60-58(59)56-54-52-50-48-46-44-42-18-16-14-12-10-8-6-4-2/h12,14,18,42H,3-11,13,15-17,19-41,43-57H2,1-2H3/b14-12-,42-18-. The number of allylic oxidation sites excluding steroid dienone is 4. The van der Waals surface area contributed by atoms with Crippen molar-refractivity contribution >= 4 is 5.97 Å². The van der Waals surface area contributed by atoms with Crippen molar-refractivity contribution in [2.75, 3.05) is 6.61 Å². The van der Waals surface area contributed by atoms with Crippen molar-refractivity contribution < 1.29 is 9.53 Å². The molecule has 0 aliphatic heterocycles. The number of hydrogen-bond acceptors (Lipinski definition) is 2. The lowest BCUT2D eigenvalue weighted by Crippen LogP contribution is -2.05. The molecule has 0 atom stereocenters. The Kier molecular flexibility index (Phi) is 55.0. The quantitative estimate of drug-likeness (QED) is 0.0346. The molecule has 2 heteroatoms. The smallest absolute Gasteiger partial charge is 0.305 e. The van der Waals surface area contributed by atoms with Gasteiger partial charge in [-0.15, -0.1) is 0 Å². The van der Waals surface area contributed by atoms with E-state index in [0.717, 1.165) is 25.7 Å². The van der Waals surface area contributed by atoms with Gasteiger partial charge in [-0.05, 0) is 44.9 Å². The fraction of sp³-hybridized carbons (Fsp3) is 0.914. The van der Waals surface area contributed by atoms with Gasteiger partial charge in [-0.3, -0.25) is 4.79 Å². The lowest BCUT2D eigenvalue weighted by molar-refractivity contribution is -0.143. The molecule has 0 N–H and O–H groups in total. The minimum absolute atomic E-state index is 0.0160. The van der Waals surface area contributed by atoms with E-state index in [0.29, 0.717) is 13.0 Å². The molecule has 0 rings (SSSR count). The van der Waals surface area contributed by atoms with Gasteiger partial charge in [-0.25, -0.2) is 0 Å². The van der Waals surface area contributed by atoms with E-state index in [1.54, 1.807) is 0 Å². The van der Waals surface area contributed by atoms with Gasteiger partial charge in [-0.1, -0.05) is 308 Å². The second kappa shape index (κ2) is 56.0. The van der Waals surface area contributed by atoms with Crippen molar-refractivity contribution in [2.45, 2.75) is 335 Å². The van der Waals surface area contributed by atoms with Crippen molar-refractivity contribution in [3.8, 4) is 0 Å². The van der Waals surface area contributed by atoms with Crippen LogP contribution >= 0.6 is 0 Å². The highest BCUT2D eigenvalue weighted by molar-refractivity contribution is 5.69. The first-order valence-corrected chi connectivity index (χ1v) is 28.3. The summed E-state index contributed by atoms with van der Waals surface area (Å²) in [5, 5.41) is 0. The number of unbranched alkanes of at least 4 members (excludes halogenated alkanes) is 45. The third-order valence-corrected chi connectivity index (χ3v) is 13.1. The maximum atomic E-state index is 12.0. The number of carbonyl (C=O) groups is 1. The Morgan fingerprint density at radius 2 is 0.517 bits per heavy atom. The Hall–Kier alpha value is -1.05. The number of esters is 1. The number of hydrogen-bond donors (Lipinski definition) is 0. The molecule has 0 fully saturated rings. The number of ether oxygens (including phenoxy) is 1. The zero-order valence-corrected chi connectivity index (χ0v) is 41.7. The van der Waals surface area contributed by atoms with Gasteiger partial charge in [0, 0.05) is 6.42 Å². The molecular weight excluding hydrogens is 729 g/mol. The lowest BCUT2D eigenvalue weighted by Gasteiger charge is -2.06. The average Bonchev–Trinajstić information content (AvgIpc) is 3.25. The van der Waals surface area contributed by atoms with Crippen molar-refractivity contribution in [1.29, 1.82) is 0 Å². The third kappa shape index (κ3) is 55.0. The van der Waals surface area contributed by atoms with Gasteiger partial charge in [0.15, 0.2) is 0 Å². The molecule has 0 saturated carbocycles. The Balaban J connectivity index is 3.15. The van der Waals surface area contributed by atoms with Crippen LogP contribution in [0.4, 0.5) is 0 Å². The zero-order valence-electron chi connectivity index (χ0n) is 41.7. The van der Waals surface area contributed by atoms with Gasteiger partial charge in [0.05, 0.1) is 6.61 Å². The molecule has 0 unspecified atom stereocenters. The summed E-state index contributed by atoms with van der Waals surface area (Å²) in [7, 11) is 0. The first-order chi connectivity index (χ1) is 29.8. The van der Waals surface area contributed by atoms with Crippen molar-refractivity contribution in [2.24, 2.45) is 0 Å². The SMILES string of the molecule is CCCCC/C=C\C/C=C\CCCCCCCC(=O)OCCCCCCCCCCCCCCCCCCCCCCCCCCCCCCCCCCCCCCCC. The summed E-state index contributed by atoms with van der Waals surface area (Å²) in [5.41, 5.74) is 0. The molecule has 0 aliphatic carbocycles. The summed E-state index contributed by atoms with van der Waals surface area (Å²) < 4.78 is 5.48. The van der Waals surface area contributed by atoms with Gasteiger partial charge in [0.2, 0.25) is 0 Å². The molecule has 0 aliphatic rings. The van der Waals surface area contributed by atoms with Crippen molar-refractivity contribution in [3.05, 3.63) is 24.3 Å². The maximum Gasteiger partial charge on any atom is 0.305 e. The Labute approximate surface area is 379 Å². The topological polar surface area (TPSA) is 26.3 Å². The monoisotopic (exact) mass is 841 g/mol. The van der Waals surface area contributed by atoms with Gasteiger partial charge in [0.1, 0.15) is 0 Å². The molecule has 0 saturated heterocycles. The van der Waals surface area contributed by atoms with E-state index in [9.17, 15) is 4.79 Å². The fourth-order valence-electron chi connectivity index (χ4n) is 8.88. The Morgan fingerprint density at radius 3 is 0.833 bits per heavy atom. The van der Waals surface area contributed by atoms with Crippen LogP contribution in [0.5, 0.6) is 0 Å². The molecule has 0 bridgehead atoms. The summed E-state index contributed by atoms with van der Waals surface area (Å²) >= 11 is 0. The summed E-state index contributed by atoms with van der Waals surface area (Å²) in [6, 6.07) is 0. The first kappa shape index (κ1) is 58.9. The van der Waals surface area contributed by atoms with Crippen LogP contribution in [0.3, 0.4) is 0 Å². The minimum atomic E-state index is 0.0160. The van der Waals surface area contributed by atoms with Gasteiger partial charge < -0.3 is 4.74 Å². The summed E-state index contributed by atoms with van der Waals surface area (Å²) in [6.07, 6.45) is 77.9. The summed E-state index contributed by atoms with van der Waals surface area (Å²) in [4.78, 5) is 12.0. The largest absolute Gasteiger partial charge is 0.466 e. The van der Waals surface area contributed by atoms with Gasteiger partial charge in [0.25, 0.3) is 0 Å². The highest BCUT2D eigenvalue weighted by Gasteiger charge is 2.03. The first-order valence-electron chi connectivity index (χ1n) is 28.3. The zero-order chi connectivity index (χ0) is 43.2. The van der Waals surface area contributed by atoms with E-state index in [1.165, 1.54) is 289 Å². The highest BCUT2D eigenvalue weighted by Crippen LogP contribution is 2.18. The number of rotatable bonds is 53. The van der Waals surface area contributed by atoms with E-state index in [2.05, 4.69) is 38.2 Å². The van der Waals surface area contributed by atoms with E-state index in [1.807, 2.05) is 0 Å². The predicted molar refractivity (Wildman–Crippen MR) is 271 cm³/mol. The van der Waals surface area contributed by atoms with Crippen LogP contribution in [0.2, 0.25) is 0 Å². The van der Waals surface area contributed by atoms with Crippen LogP contribution in [-0.4, -0.2) is 12.6 Å². The second-order valence-electron chi connectivity index (χ2n) is 19.3. The summed E-state index contributed by atoms with van der Waals surface area (Å²) in [6.45, 7) is 5.19. The molecule has 0 aromatic rings. The van der Waals surface area contributed by atoms with Crippen LogP contribution in [0.15, 0.2) is 24.3 Å². The Bertz CT molecular complexity index is 829. The minimum Gasteiger partial charge on any atom is -0.466 e. The maximum absolute atomic E-state index is 12.0. The molecule has 356 valence electrons. The fourth-order valence-corrected chi connectivity index (χ4v) is 8.88. The Morgan fingerprint density at radius 1 is 0.283 bits per heavy atom. The lowest BCUT2D eigenvalue weighted by atomic mass is 10.0. The molecule has 0 heterocycles. The third-order valence-electron chi connectivity index (χ3n) is 13.1. The molecule has 2 nitrogen and oxygen atoms in total. The van der Waals surface area contributed by atoms with Crippen LogP contribution in [0.25, 0.3) is 0 Å². The average molecular weight is 842 g/mol. The molecule has 0 aromatic carbocycles. The number of carbonyl (C=O) groups excluding carboxylic acids is 1. The van der Waals surface area contributed by atoms with Crippen molar-refractivity contribution in [3.63, 3.8) is 0 Å². The molecule has 0 radical (unpaired) electrons. The van der Waals surface area contributed by atoms with Gasteiger partial charge >= 0.3 is 5.97 Å². The van der Waals surface area contributed by atoms with E-state index < -0.39 is 0 Å². The van der Waals surface area contributed by atoms with E-state index in [4.69, 9.17) is 4.74 Å². The van der Waals surface area contributed by atoms with E-state index >= 15 is 0 Å². The van der Waals surface area contributed by atoms with Crippen LogP contribution in [0.1, 0.15) is 335 Å². The predicted octanol–water partition coefficient (Wildman–Crippen LogP) is 21.2. The van der Waals surface area contributed by atoms with Crippen LogP contribution < -0.4 is 0 Å². The molecular formula is C58H112O2. The molecule has 0 spiro atoms. The normalized spacial score (nSPS) is 11.8. The second-order valence-corrected chi connectivity index (χ2v) is 19.3. The molecule has 0 aromatic heterocycles. The van der Waals surface area contributed by atoms with Gasteiger partial charge in [-0.2, -0.15) is 0 Å². The van der Waals surface area contributed by atoms with Crippen molar-refractivity contribution in [1.82, 2.24) is 0 Å². The molecule has 60 heavy (non-hydrogen) atoms. The summed E-state index contributed by atoms with van der Waals surface area (Å²) in [5.74, 6) is 0.0160. The van der Waals surface area contributed by atoms with Crippen LogP contribution in [0, 0.1) is 0 Å². The molecule has 0 amide bonds.